The van der Waals surface area contributed by atoms with Crippen LogP contribution in [0.5, 0.6) is 0 Å². The van der Waals surface area contributed by atoms with Gasteiger partial charge in [-0.3, -0.25) is 14.3 Å². The van der Waals surface area contributed by atoms with Gasteiger partial charge in [0.25, 0.3) is 0 Å². The average molecular weight is 775 g/mol. The smallest absolute Gasteiger partial charge is 0.549 e. The third-order valence-electron chi connectivity index (χ3n) is 8.08. The van der Waals surface area contributed by atoms with Gasteiger partial charge in [-0.1, -0.05) is 78.5 Å². The van der Waals surface area contributed by atoms with Gasteiger partial charge in [-0.05, 0) is 88.0 Å². The Morgan fingerprint density at radius 3 is 2.30 bits per heavy atom. The van der Waals surface area contributed by atoms with Gasteiger partial charge in [-0.2, -0.15) is 0 Å². The van der Waals surface area contributed by atoms with Crippen LogP contribution in [0.3, 0.4) is 0 Å². The van der Waals surface area contributed by atoms with Gasteiger partial charge in [0.15, 0.2) is 10.8 Å². The van der Waals surface area contributed by atoms with Crippen molar-refractivity contribution in [2.24, 2.45) is 0 Å². The first kappa shape index (κ1) is 37.6. The van der Waals surface area contributed by atoms with Crippen molar-refractivity contribution in [3.8, 4) is 16.8 Å². The zero-order valence-electron chi connectivity index (χ0n) is 27.5. The number of hydrogen-bond acceptors (Lipinski definition) is 8. The number of carboxylic acids is 2. The van der Waals surface area contributed by atoms with Crippen LogP contribution in [0.1, 0.15) is 38.2 Å². The number of rotatable bonds is 9. The summed E-state index contributed by atoms with van der Waals surface area (Å²) in [6.45, 7) is 10.7. The minimum absolute atomic E-state index is 0. The monoisotopic (exact) mass is 773 g/mol. The van der Waals surface area contributed by atoms with E-state index in [2.05, 4.69) is 60.2 Å². The molecule has 6 aromatic rings. The zero-order chi connectivity index (χ0) is 34.7. The summed E-state index contributed by atoms with van der Waals surface area (Å²) >= 11 is 5.81. The van der Waals surface area contributed by atoms with E-state index in [4.69, 9.17) is 6.57 Å². The number of benzene rings is 4. The van der Waals surface area contributed by atoms with E-state index in [1.165, 1.54) is 35.6 Å². The number of carbonyl (C=O) groups is 2. The Morgan fingerprint density at radius 2 is 1.64 bits per heavy atom. The van der Waals surface area contributed by atoms with Crippen LogP contribution >= 0.6 is 39.5 Å². The fraction of sp³-hybridized carbons (Fsp3) is 0.189. The molecule has 13 heteroatoms. The Morgan fingerprint density at radius 1 is 0.960 bits per heavy atom. The van der Waals surface area contributed by atoms with Crippen LogP contribution in [0.2, 0.25) is 0 Å². The molecule has 0 amide bonds. The minimum Gasteiger partial charge on any atom is -0.549 e. The summed E-state index contributed by atoms with van der Waals surface area (Å²) in [5.41, 5.74) is 4.73. The third-order valence-corrected chi connectivity index (χ3v) is 10.8. The van der Waals surface area contributed by atoms with E-state index in [1.807, 2.05) is 53.1 Å². The molecule has 1 aliphatic carbocycles. The van der Waals surface area contributed by atoms with Crippen molar-refractivity contribution in [2.45, 2.75) is 47.4 Å². The summed E-state index contributed by atoms with van der Waals surface area (Å²) in [7, 11) is 0. The predicted octanol–water partition coefficient (Wildman–Crippen LogP) is 5.31. The number of halogens is 1. The van der Waals surface area contributed by atoms with Crippen LogP contribution in [0, 0.1) is 6.57 Å². The molecule has 1 fully saturated rings. The molecular formula is C37H29BrN5NaO4S2. The summed E-state index contributed by atoms with van der Waals surface area (Å²) in [4.78, 5) is 30.9. The van der Waals surface area contributed by atoms with E-state index >= 15 is 0 Å². The Bertz CT molecular complexity index is 2270. The van der Waals surface area contributed by atoms with Crippen molar-refractivity contribution in [1.29, 1.82) is 0 Å². The minimum atomic E-state index is -1.13. The second-order valence-corrected chi connectivity index (χ2v) is 15.1. The number of carboxylic acid groups (broad SMARTS) is 2. The van der Waals surface area contributed by atoms with E-state index in [0.29, 0.717) is 21.5 Å². The summed E-state index contributed by atoms with van der Waals surface area (Å²) in [5.74, 6) is -1.50. The third kappa shape index (κ3) is 8.09. The first-order valence-electron chi connectivity index (χ1n) is 15.3. The van der Waals surface area contributed by atoms with E-state index in [9.17, 15) is 19.8 Å². The molecule has 246 valence electrons. The first-order chi connectivity index (χ1) is 23.6. The molecule has 0 saturated heterocycles. The molecule has 1 aliphatic rings. The van der Waals surface area contributed by atoms with E-state index in [0.717, 1.165) is 49.6 Å². The molecule has 50 heavy (non-hydrogen) atoms. The fourth-order valence-electron chi connectivity index (χ4n) is 5.53. The number of fused-ring (bicyclic) bond motifs is 2. The fourth-order valence-corrected chi connectivity index (χ4v) is 7.78. The Balaban J connectivity index is 0.000000191. The van der Waals surface area contributed by atoms with E-state index < -0.39 is 16.7 Å². The molecule has 7 rings (SSSR count). The molecule has 0 bridgehead atoms. The quantitative estimate of drug-likeness (QED) is 0.118. The Labute approximate surface area is 328 Å². The van der Waals surface area contributed by atoms with Crippen molar-refractivity contribution in [2.75, 3.05) is 5.75 Å². The summed E-state index contributed by atoms with van der Waals surface area (Å²) in [6, 6.07) is 25.8. The molecule has 2 heterocycles. The number of thioether (sulfide) groups is 2. The molecule has 2 aromatic heterocycles. The first-order valence-corrected chi connectivity index (χ1v) is 17.9. The maximum absolute atomic E-state index is 11.5. The molecule has 0 spiro atoms. The number of pyridine rings is 1. The van der Waals surface area contributed by atoms with Gasteiger partial charge in [-0.15, -0.1) is 22.0 Å². The van der Waals surface area contributed by atoms with Gasteiger partial charge >= 0.3 is 35.5 Å². The number of nitrogens with zero attached hydrogens (tertiary/aromatic N) is 5. The van der Waals surface area contributed by atoms with Gasteiger partial charge in [-0.25, -0.2) is 4.85 Å². The van der Waals surface area contributed by atoms with Crippen molar-refractivity contribution < 1.29 is 49.4 Å². The maximum Gasteiger partial charge on any atom is 1.00 e. The molecule has 0 unspecified atom stereocenters. The topological polar surface area (TPSA) is 125 Å². The van der Waals surface area contributed by atoms with Gasteiger partial charge in [0, 0.05) is 34.0 Å². The normalized spacial score (nSPS) is 12.4. The molecule has 0 radical (unpaired) electrons. The molecule has 0 aliphatic heterocycles. The van der Waals surface area contributed by atoms with Crippen molar-refractivity contribution in [3.63, 3.8) is 0 Å². The molecule has 4 aromatic carbocycles. The predicted molar refractivity (Wildman–Crippen MR) is 195 cm³/mol. The Kier molecular flexibility index (Phi) is 12.1. The number of aromatic nitrogens is 4. The van der Waals surface area contributed by atoms with Crippen LogP contribution in [0.15, 0.2) is 106 Å². The average Bonchev–Trinajstić information content (AvgIpc) is 3.88. The number of carbonyl (C=O) groups excluding carboxylic acids is 1. The number of aliphatic carboxylic acids is 2. The van der Waals surface area contributed by atoms with Crippen molar-refractivity contribution >= 4 is 78.6 Å². The van der Waals surface area contributed by atoms with Gasteiger partial charge in [0.1, 0.15) is 4.75 Å². The summed E-state index contributed by atoms with van der Waals surface area (Å²) in [5, 5.41) is 33.0. The summed E-state index contributed by atoms with van der Waals surface area (Å²) < 4.78 is 1.43. The molecule has 0 atom stereocenters. The molecular weight excluding hydrogens is 745 g/mol. The van der Waals surface area contributed by atoms with Crippen LogP contribution in [0.25, 0.3) is 43.2 Å². The van der Waals surface area contributed by atoms with Crippen molar-refractivity contribution in [1.82, 2.24) is 19.7 Å². The second-order valence-electron chi connectivity index (χ2n) is 11.8. The van der Waals surface area contributed by atoms with Crippen LogP contribution in [0.4, 0.5) is 5.69 Å². The number of hydrogen-bond donors (Lipinski definition) is 1. The van der Waals surface area contributed by atoms with Crippen LogP contribution in [-0.4, -0.2) is 47.3 Å². The largest absolute Gasteiger partial charge is 1.00 e. The maximum atomic E-state index is 11.5. The zero-order valence-corrected chi connectivity index (χ0v) is 32.7. The van der Waals surface area contributed by atoms with E-state index in [1.54, 1.807) is 32.3 Å². The van der Waals surface area contributed by atoms with Crippen LogP contribution in [-0.2, 0) is 9.59 Å². The van der Waals surface area contributed by atoms with Gasteiger partial charge < -0.3 is 15.0 Å². The SMILES string of the molecule is O=C([O-])CSc1nnc(Br)n1-c1ccc(C2CC2)c2ccccc12.[C-]#[N+]c1ccc(-c2cnccc2SC(C)(C)C(=O)O)c2ccccc12.[Na+]. The van der Waals surface area contributed by atoms with Gasteiger partial charge in [0.05, 0.1) is 18.2 Å². The molecule has 1 N–H and O–H groups in total. The molecule has 1 saturated carbocycles. The molecule has 9 nitrogen and oxygen atoms in total. The second kappa shape index (κ2) is 16.1. The van der Waals surface area contributed by atoms with Crippen molar-refractivity contribution in [3.05, 3.63) is 113 Å². The standard InChI is InChI=1S/C20H16N2O2S.C17H14BrN3O2S.Na/c1-20(2,19(23)24)25-18-10-11-22-12-16(18)14-8-9-17(21-3)15-7-5-4-6-13(14)15;18-16-19-20-17(24-9-15(22)23)21(16)14-8-7-11(10-5-6-10)12-3-1-2-4-13(12)14;/h4-12H,1-2H3,(H,23,24);1-4,7-8,10H,5-6,9H2,(H,22,23);/q;;+1/p-1. The van der Waals surface area contributed by atoms with E-state index in [-0.39, 0.29) is 35.3 Å². The summed E-state index contributed by atoms with van der Waals surface area (Å²) in [6.07, 6.45) is 5.90. The van der Waals surface area contributed by atoms with Gasteiger partial charge in [0.2, 0.25) is 4.73 Å². The van der Waals surface area contributed by atoms with Crippen LogP contribution < -0.4 is 34.7 Å². The Hall–Kier alpha value is -3.70.